The largest absolute Gasteiger partial charge is 0.496 e. The molecule has 0 unspecified atom stereocenters. The van der Waals surface area contributed by atoms with Crippen LogP contribution in [0.25, 0.3) is 0 Å². The van der Waals surface area contributed by atoms with Crippen LogP contribution in [0.5, 0.6) is 5.75 Å². The highest BCUT2D eigenvalue weighted by atomic mass is 35.5. The molecule has 0 radical (unpaired) electrons. The lowest BCUT2D eigenvalue weighted by atomic mass is 10.2. The van der Waals surface area contributed by atoms with Gasteiger partial charge in [0.25, 0.3) is 5.91 Å². The molecular formula is C16H14Cl2N2O4. The van der Waals surface area contributed by atoms with Crippen LogP contribution in [-0.2, 0) is 16.1 Å². The summed E-state index contributed by atoms with van der Waals surface area (Å²) in [5.74, 6) is -0.493. The predicted octanol–water partition coefficient (Wildman–Crippen LogP) is 2.87. The summed E-state index contributed by atoms with van der Waals surface area (Å²) in [4.78, 5) is 27.3. The summed E-state index contributed by atoms with van der Waals surface area (Å²) < 4.78 is 10.1. The molecule has 1 amide bonds. The van der Waals surface area contributed by atoms with Gasteiger partial charge in [0.2, 0.25) is 0 Å². The molecule has 0 aliphatic heterocycles. The smallest absolute Gasteiger partial charge is 0.340 e. The van der Waals surface area contributed by atoms with Crippen LogP contribution in [0.3, 0.4) is 0 Å². The molecule has 0 saturated carbocycles. The van der Waals surface area contributed by atoms with Gasteiger partial charge in [-0.1, -0.05) is 41.4 Å². The highest BCUT2D eigenvalue weighted by molar-refractivity contribution is 6.41. The van der Waals surface area contributed by atoms with Crippen molar-refractivity contribution in [1.82, 2.24) is 10.3 Å². The lowest BCUT2D eigenvalue weighted by molar-refractivity contribution is -0.124. The number of nitrogens with zero attached hydrogens (tertiary/aromatic N) is 1. The Hall–Kier alpha value is -2.31. The van der Waals surface area contributed by atoms with E-state index in [-0.39, 0.29) is 22.3 Å². The number of carbonyl (C=O) groups excluding carboxylic acids is 2. The molecule has 0 spiro atoms. The van der Waals surface area contributed by atoms with Crippen molar-refractivity contribution in [2.45, 2.75) is 6.54 Å². The average Bonchev–Trinajstić information content (AvgIpc) is 2.60. The van der Waals surface area contributed by atoms with Crippen molar-refractivity contribution in [1.29, 1.82) is 0 Å². The van der Waals surface area contributed by atoms with Crippen LogP contribution in [-0.4, -0.2) is 30.6 Å². The van der Waals surface area contributed by atoms with Gasteiger partial charge in [0.05, 0.1) is 17.7 Å². The Kier molecular flexibility index (Phi) is 6.40. The first-order chi connectivity index (χ1) is 11.5. The van der Waals surface area contributed by atoms with Gasteiger partial charge >= 0.3 is 5.97 Å². The van der Waals surface area contributed by atoms with E-state index in [1.165, 1.54) is 12.3 Å². The SMILES string of the molecule is COc1ccccc1CNC(=O)COC(=O)c1cnc(Cl)c(Cl)c1. The van der Waals surface area contributed by atoms with Gasteiger partial charge in [-0.05, 0) is 12.1 Å². The number of hydrogen-bond acceptors (Lipinski definition) is 5. The van der Waals surface area contributed by atoms with E-state index in [1.807, 2.05) is 18.2 Å². The first kappa shape index (κ1) is 18.0. The van der Waals surface area contributed by atoms with E-state index in [0.29, 0.717) is 5.75 Å². The molecule has 8 heteroatoms. The topological polar surface area (TPSA) is 77.5 Å². The van der Waals surface area contributed by atoms with E-state index >= 15 is 0 Å². The van der Waals surface area contributed by atoms with Crippen molar-refractivity contribution in [3.8, 4) is 5.75 Å². The molecule has 0 bridgehead atoms. The molecule has 1 N–H and O–H groups in total. The molecule has 1 heterocycles. The van der Waals surface area contributed by atoms with E-state index < -0.39 is 18.5 Å². The number of pyridine rings is 1. The Labute approximate surface area is 148 Å². The zero-order valence-electron chi connectivity index (χ0n) is 12.7. The van der Waals surface area contributed by atoms with Crippen LogP contribution >= 0.6 is 23.2 Å². The summed E-state index contributed by atoms with van der Waals surface area (Å²) in [6.07, 6.45) is 1.23. The van der Waals surface area contributed by atoms with Crippen molar-refractivity contribution >= 4 is 35.1 Å². The second-order valence-corrected chi connectivity index (χ2v) is 5.43. The van der Waals surface area contributed by atoms with Gasteiger partial charge in [-0.3, -0.25) is 4.79 Å². The van der Waals surface area contributed by atoms with Crippen LogP contribution in [0.1, 0.15) is 15.9 Å². The molecule has 0 aliphatic rings. The minimum atomic E-state index is -0.714. The number of nitrogens with one attached hydrogen (secondary N) is 1. The second-order valence-electron chi connectivity index (χ2n) is 4.66. The van der Waals surface area contributed by atoms with Gasteiger partial charge in [0, 0.05) is 18.3 Å². The molecule has 1 aromatic carbocycles. The summed E-state index contributed by atoms with van der Waals surface area (Å²) in [7, 11) is 1.55. The third-order valence-electron chi connectivity index (χ3n) is 3.03. The zero-order valence-corrected chi connectivity index (χ0v) is 14.2. The van der Waals surface area contributed by atoms with Crippen molar-refractivity contribution < 1.29 is 19.1 Å². The molecule has 24 heavy (non-hydrogen) atoms. The lowest BCUT2D eigenvalue weighted by Gasteiger charge is -2.10. The quantitative estimate of drug-likeness (QED) is 0.626. The number of methoxy groups -OCH3 is 1. The maximum atomic E-state index is 11.8. The Morgan fingerprint density at radius 2 is 2.00 bits per heavy atom. The maximum absolute atomic E-state index is 11.8. The zero-order chi connectivity index (χ0) is 17.5. The van der Waals surface area contributed by atoms with Crippen LogP contribution in [0.4, 0.5) is 0 Å². The van der Waals surface area contributed by atoms with Gasteiger partial charge in [-0.15, -0.1) is 0 Å². The molecular weight excluding hydrogens is 355 g/mol. The number of hydrogen-bond donors (Lipinski definition) is 1. The molecule has 6 nitrogen and oxygen atoms in total. The number of carbonyl (C=O) groups is 2. The minimum absolute atomic E-state index is 0.0859. The van der Waals surface area contributed by atoms with Crippen molar-refractivity contribution in [3.63, 3.8) is 0 Å². The van der Waals surface area contributed by atoms with Crippen molar-refractivity contribution in [3.05, 3.63) is 57.8 Å². The summed E-state index contributed by atoms with van der Waals surface area (Å²) >= 11 is 11.4. The number of rotatable bonds is 6. The van der Waals surface area contributed by atoms with Gasteiger partial charge in [0.1, 0.15) is 10.9 Å². The predicted molar refractivity (Wildman–Crippen MR) is 89.4 cm³/mol. The van der Waals surface area contributed by atoms with Crippen LogP contribution < -0.4 is 10.1 Å². The Morgan fingerprint density at radius 1 is 1.25 bits per heavy atom. The number of amides is 1. The fourth-order valence-corrected chi connectivity index (χ4v) is 2.11. The third-order valence-corrected chi connectivity index (χ3v) is 3.72. The highest BCUT2D eigenvalue weighted by Gasteiger charge is 2.13. The summed E-state index contributed by atoms with van der Waals surface area (Å²) in [5, 5.41) is 2.86. The van der Waals surface area contributed by atoms with Crippen molar-refractivity contribution in [2.24, 2.45) is 0 Å². The van der Waals surface area contributed by atoms with Crippen LogP contribution in [0.15, 0.2) is 36.5 Å². The Balaban J connectivity index is 1.84. The Bertz CT molecular complexity index is 753. The number of para-hydroxylation sites is 1. The van der Waals surface area contributed by atoms with Gasteiger partial charge in [-0.2, -0.15) is 0 Å². The second kappa shape index (κ2) is 8.52. The van der Waals surface area contributed by atoms with E-state index in [9.17, 15) is 9.59 Å². The number of esters is 1. The third kappa shape index (κ3) is 4.84. The first-order valence-corrected chi connectivity index (χ1v) is 7.63. The number of aromatic nitrogens is 1. The van der Waals surface area contributed by atoms with E-state index in [1.54, 1.807) is 13.2 Å². The standard InChI is InChI=1S/C16H14Cl2N2O4/c1-23-13-5-3-2-4-10(13)7-19-14(21)9-24-16(22)11-6-12(17)15(18)20-8-11/h2-6,8H,7,9H2,1H3,(H,19,21). The molecule has 0 saturated heterocycles. The van der Waals surface area contributed by atoms with E-state index in [4.69, 9.17) is 32.7 Å². The molecule has 2 rings (SSSR count). The summed E-state index contributed by atoms with van der Waals surface area (Å²) in [6, 6.07) is 8.61. The summed E-state index contributed by atoms with van der Waals surface area (Å²) in [6.45, 7) is -0.164. The molecule has 0 atom stereocenters. The molecule has 0 aliphatic carbocycles. The van der Waals surface area contributed by atoms with Gasteiger partial charge < -0.3 is 14.8 Å². The number of ether oxygens (including phenoxy) is 2. The fourth-order valence-electron chi connectivity index (χ4n) is 1.84. The van der Waals surface area contributed by atoms with Crippen LogP contribution in [0.2, 0.25) is 10.2 Å². The molecule has 2 aromatic rings. The van der Waals surface area contributed by atoms with E-state index in [0.717, 1.165) is 5.56 Å². The average molecular weight is 369 g/mol. The first-order valence-electron chi connectivity index (χ1n) is 6.88. The van der Waals surface area contributed by atoms with E-state index in [2.05, 4.69) is 10.3 Å². The van der Waals surface area contributed by atoms with Gasteiger partial charge in [0.15, 0.2) is 6.61 Å². The lowest BCUT2D eigenvalue weighted by Crippen LogP contribution is -2.28. The Morgan fingerprint density at radius 3 is 2.71 bits per heavy atom. The normalized spacial score (nSPS) is 10.1. The molecule has 1 aromatic heterocycles. The fraction of sp³-hybridized carbons (Fsp3) is 0.188. The molecule has 0 fully saturated rings. The van der Waals surface area contributed by atoms with Crippen molar-refractivity contribution in [2.75, 3.05) is 13.7 Å². The summed E-state index contributed by atoms with van der Waals surface area (Å²) in [5.41, 5.74) is 0.926. The highest BCUT2D eigenvalue weighted by Crippen LogP contribution is 2.20. The molecule has 126 valence electrons. The monoisotopic (exact) mass is 368 g/mol. The number of halogens is 2. The van der Waals surface area contributed by atoms with Crippen LogP contribution in [0, 0.1) is 0 Å². The maximum Gasteiger partial charge on any atom is 0.340 e. The number of benzene rings is 1. The minimum Gasteiger partial charge on any atom is -0.496 e. The van der Waals surface area contributed by atoms with Gasteiger partial charge in [-0.25, -0.2) is 9.78 Å².